The number of hydrogen-bond donors (Lipinski definition) is 1. The molecular weight excluding hydrogens is 330 g/mol. The second-order valence-corrected chi connectivity index (χ2v) is 7.18. The molecule has 1 saturated heterocycles. The maximum atomic E-state index is 12.4. The zero-order chi connectivity index (χ0) is 18.4. The molecular formula is C20H29N3O3. The quantitative estimate of drug-likeness (QED) is 0.760. The Kier molecular flexibility index (Phi) is 6.50. The SMILES string of the molecule is COc1ccc(CCC(=O)N2CCN(C(=O)CNCC3CC3)CC2)cc1. The van der Waals surface area contributed by atoms with Crippen LogP contribution < -0.4 is 10.1 Å². The largest absolute Gasteiger partial charge is 0.497 e. The summed E-state index contributed by atoms with van der Waals surface area (Å²) in [5, 5.41) is 3.24. The average molecular weight is 359 g/mol. The lowest BCUT2D eigenvalue weighted by Gasteiger charge is -2.35. The summed E-state index contributed by atoms with van der Waals surface area (Å²) in [6.07, 6.45) is 3.81. The summed E-state index contributed by atoms with van der Waals surface area (Å²) in [6, 6.07) is 7.83. The van der Waals surface area contributed by atoms with Crippen LogP contribution in [0.2, 0.25) is 0 Å². The van der Waals surface area contributed by atoms with Gasteiger partial charge in [0.1, 0.15) is 5.75 Å². The molecule has 6 heteroatoms. The number of hydrogen-bond acceptors (Lipinski definition) is 4. The average Bonchev–Trinajstić information content (AvgIpc) is 3.51. The van der Waals surface area contributed by atoms with Crippen molar-refractivity contribution in [1.82, 2.24) is 15.1 Å². The molecule has 0 aromatic heterocycles. The lowest BCUT2D eigenvalue weighted by Crippen LogP contribution is -2.52. The molecule has 1 aliphatic heterocycles. The second kappa shape index (κ2) is 9.03. The molecule has 2 aliphatic rings. The number of carbonyl (C=O) groups excluding carboxylic acids is 2. The van der Waals surface area contributed by atoms with Gasteiger partial charge in [-0.2, -0.15) is 0 Å². The van der Waals surface area contributed by atoms with Gasteiger partial charge in [0.05, 0.1) is 13.7 Å². The fraction of sp³-hybridized carbons (Fsp3) is 0.600. The minimum absolute atomic E-state index is 0.149. The van der Waals surface area contributed by atoms with E-state index >= 15 is 0 Å². The number of aryl methyl sites for hydroxylation is 1. The van der Waals surface area contributed by atoms with Gasteiger partial charge >= 0.3 is 0 Å². The van der Waals surface area contributed by atoms with E-state index in [4.69, 9.17) is 4.74 Å². The van der Waals surface area contributed by atoms with Gasteiger partial charge in [-0.3, -0.25) is 9.59 Å². The molecule has 1 aliphatic carbocycles. The van der Waals surface area contributed by atoms with Crippen molar-refractivity contribution in [2.75, 3.05) is 46.4 Å². The van der Waals surface area contributed by atoms with Crippen molar-refractivity contribution in [1.29, 1.82) is 0 Å². The highest BCUT2D eigenvalue weighted by Crippen LogP contribution is 2.27. The monoisotopic (exact) mass is 359 g/mol. The number of nitrogens with one attached hydrogen (secondary N) is 1. The summed E-state index contributed by atoms with van der Waals surface area (Å²) in [4.78, 5) is 28.3. The van der Waals surface area contributed by atoms with Gasteiger partial charge in [-0.15, -0.1) is 0 Å². The van der Waals surface area contributed by atoms with Crippen molar-refractivity contribution in [3.05, 3.63) is 29.8 Å². The molecule has 6 nitrogen and oxygen atoms in total. The van der Waals surface area contributed by atoms with E-state index in [0.717, 1.165) is 30.2 Å². The van der Waals surface area contributed by atoms with Crippen LogP contribution >= 0.6 is 0 Å². The van der Waals surface area contributed by atoms with Gasteiger partial charge in [0, 0.05) is 32.6 Å². The first kappa shape index (κ1) is 18.7. The Bertz CT molecular complexity index is 605. The first-order valence-electron chi connectivity index (χ1n) is 9.55. The molecule has 2 amide bonds. The lowest BCUT2D eigenvalue weighted by atomic mass is 10.1. The number of piperazine rings is 1. The molecule has 0 unspecified atom stereocenters. The Morgan fingerprint density at radius 2 is 1.65 bits per heavy atom. The highest BCUT2D eigenvalue weighted by atomic mass is 16.5. The molecule has 142 valence electrons. The van der Waals surface area contributed by atoms with E-state index in [1.54, 1.807) is 7.11 Å². The third-order valence-electron chi connectivity index (χ3n) is 5.18. The van der Waals surface area contributed by atoms with E-state index in [9.17, 15) is 9.59 Å². The number of rotatable bonds is 8. The predicted octanol–water partition coefficient (Wildman–Crippen LogP) is 1.30. The molecule has 0 bridgehead atoms. The highest BCUT2D eigenvalue weighted by Gasteiger charge is 2.25. The Labute approximate surface area is 155 Å². The zero-order valence-corrected chi connectivity index (χ0v) is 15.6. The minimum atomic E-state index is 0.149. The normalized spacial score (nSPS) is 17.3. The molecule has 1 N–H and O–H groups in total. The van der Waals surface area contributed by atoms with Crippen molar-refractivity contribution in [3.63, 3.8) is 0 Å². The third-order valence-corrected chi connectivity index (χ3v) is 5.18. The van der Waals surface area contributed by atoms with Gasteiger partial charge in [0.25, 0.3) is 0 Å². The summed E-state index contributed by atoms with van der Waals surface area (Å²) in [5.74, 6) is 1.92. The summed E-state index contributed by atoms with van der Waals surface area (Å²) in [7, 11) is 1.64. The van der Waals surface area contributed by atoms with Gasteiger partial charge in [-0.1, -0.05) is 12.1 Å². The summed E-state index contributed by atoms with van der Waals surface area (Å²) >= 11 is 0. The van der Waals surface area contributed by atoms with Gasteiger partial charge in [-0.25, -0.2) is 0 Å². The topological polar surface area (TPSA) is 61.9 Å². The van der Waals surface area contributed by atoms with Gasteiger partial charge in [-0.05, 0) is 49.4 Å². The molecule has 3 rings (SSSR count). The fourth-order valence-corrected chi connectivity index (χ4v) is 3.22. The molecule has 1 aromatic carbocycles. The molecule has 0 spiro atoms. The summed E-state index contributed by atoms with van der Waals surface area (Å²) in [6.45, 7) is 3.92. The van der Waals surface area contributed by atoms with Crippen LogP contribution in [-0.2, 0) is 16.0 Å². The van der Waals surface area contributed by atoms with Crippen molar-refractivity contribution in [3.8, 4) is 5.75 Å². The Morgan fingerprint density at radius 3 is 2.23 bits per heavy atom. The Morgan fingerprint density at radius 1 is 1.04 bits per heavy atom. The molecule has 0 radical (unpaired) electrons. The van der Waals surface area contributed by atoms with Crippen LogP contribution in [0.4, 0.5) is 0 Å². The number of nitrogens with zero attached hydrogens (tertiary/aromatic N) is 2. The maximum Gasteiger partial charge on any atom is 0.236 e. The van der Waals surface area contributed by atoms with Crippen molar-refractivity contribution >= 4 is 11.8 Å². The van der Waals surface area contributed by atoms with Gasteiger partial charge in [0.15, 0.2) is 0 Å². The smallest absolute Gasteiger partial charge is 0.236 e. The highest BCUT2D eigenvalue weighted by molar-refractivity contribution is 5.79. The van der Waals surface area contributed by atoms with Crippen LogP contribution in [0.3, 0.4) is 0 Å². The number of amides is 2. The number of carbonyl (C=O) groups is 2. The first-order valence-corrected chi connectivity index (χ1v) is 9.55. The van der Waals surface area contributed by atoms with E-state index in [2.05, 4.69) is 5.32 Å². The molecule has 1 saturated carbocycles. The van der Waals surface area contributed by atoms with Crippen molar-refractivity contribution in [2.24, 2.45) is 5.92 Å². The number of methoxy groups -OCH3 is 1. The number of ether oxygens (including phenoxy) is 1. The van der Waals surface area contributed by atoms with Crippen LogP contribution in [0, 0.1) is 5.92 Å². The zero-order valence-electron chi connectivity index (χ0n) is 15.6. The van der Waals surface area contributed by atoms with E-state index in [0.29, 0.717) is 39.1 Å². The molecule has 1 heterocycles. The van der Waals surface area contributed by atoms with Crippen LogP contribution in [-0.4, -0.2) is 68.0 Å². The lowest BCUT2D eigenvalue weighted by molar-refractivity contribution is -0.139. The van der Waals surface area contributed by atoms with Crippen LogP contribution in [0.25, 0.3) is 0 Å². The molecule has 1 aromatic rings. The van der Waals surface area contributed by atoms with Crippen LogP contribution in [0.1, 0.15) is 24.8 Å². The van der Waals surface area contributed by atoms with Crippen molar-refractivity contribution < 1.29 is 14.3 Å². The molecule has 2 fully saturated rings. The van der Waals surface area contributed by atoms with E-state index in [1.807, 2.05) is 34.1 Å². The van der Waals surface area contributed by atoms with Crippen LogP contribution in [0.15, 0.2) is 24.3 Å². The van der Waals surface area contributed by atoms with Gasteiger partial charge < -0.3 is 19.9 Å². The van der Waals surface area contributed by atoms with Crippen LogP contribution in [0.5, 0.6) is 5.75 Å². The maximum absolute atomic E-state index is 12.4. The first-order chi connectivity index (χ1) is 12.7. The molecule has 26 heavy (non-hydrogen) atoms. The second-order valence-electron chi connectivity index (χ2n) is 7.18. The minimum Gasteiger partial charge on any atom is -0.497 e. The standard InChI is InChI=1S/C20H29N3O3/c1-26-18-7-4-16(5-8-18)6-9-19(24)22-10-12-23(13-11-22)20(25)15-21-14-17-2-3-17/h4-5,7-8,17,21H,2-3,6,9-15H2,1H3. The Hall–Kier alpha value is -2.08. The Balaban J connectivity index is 1.35. The predicted molar refractivity (Wildman–Crippen MR) is 100 cm³/mol. The van der Waals surface area contributed by atoms with Gasteiger partial charge in [0.2, 0.25) is 11.8 Å². The summed E-state index contributed by atoms with van der Waals surface area (Å²) < 4.78 is 5.15. The van der Waals surface area contributed by atoms with E-state index in [-0.39, 0.29) is 11.8 Å². The summed E-state index contributed by atoms with van der Waals surface area (Å²) in [5.41, 5.74) is 1.13. The van der Waals surface area contributed by atoms with E-state index < -0.39 is 0 Å². The van der Waals surface area contributed by atoms with E-state index in [1.165, 1.54) is 12.8 Å². The third kappa shape index (κ3) is 5.46. The number of benzene rings is 1. The van der Waals surface area contributed by atoms with Crippen molar-refractivity contribution in [2.45, 2.75) is 25.7 Å². The fourth-order valence-electron chi connectivity index (χ4n) is 3.22. The molecule has 0 atom stereocenters.